The van der Waals surface area contributed by atoms with Gasteiger partial charge in [0.25, 0.3) is 0 Å². The minimum Gasteiger partial charge on any atom is -0.382 e. The molecule has 102 valence electrons. The minimum atomic E-state index is 0.707. The number of methoxy groups -OCH3 is 1. The van der Waals surface area contributed by atoms with Gasteiger partial charge >= 0.3 is 0 Å². The third-order valence-corrected chi connectivity index (χ3v) is 3.60. The summed E-state index contributed by atoms with van der Waals surface area (Å²) in [6.07, 6.45) is 7.91. The fourth-order valence-corrected chi connectivity index (χ4v) is 2.34. The second-order valence-electron chi connectivity index (χ2n) is 5.22. The fraction of sp³-hybridized carbons (Fsp3) is 1.00. The molecule has 1 fully saturated rings. The van der Waals surface area contributed by atoms with Gasteiger partial charge in [0.1, 0.15) is 0 Å². The number of hydrogen-bond donors (Lipinski definition) is 1. The van der Waals surface area contributed by atoms with E-state index in [0.29, 0.717) is 6.61 Å². The molecule has 1 saturated carbocycles. The van der Waals surface area contributed by atoms with E-state index < -0.39 is 0 Å². The Hall–Kier alpha value is -0.120. The van der Waals surface area contributed by atoms with Crippen molar-refractivity contribution in [2.45, 2.75) is 51.5 Å². The topological polar surface area (TPSA) is 30.5 Å². The zero-order chi connectivity index (χ0) is 12.3. The largest absolute Gasteiger partial charge is 0.382 e. The maximum Gasteiger partial charge on any atom is 0.0700 e. The van der Waals surface area contributed by atoms with Crippen molar-refractivity contribution in [1.82, 2.24) is 5.32 Å². The van der Waals surface area contributed by atoms with E-state index in [-0.39, 0.29) is 0 Å². The summed E-state index contributed by atoms with van der Waals surface area (Å²) in [6, 6.07) is 0.778. The molecular formula is C14H29NO2. The van der Waals surface area contributed by atoms with Crippen LogP contribution in [0.4, 0.5) is 0 Å². The molecule has 0 aromatic carbocycles. The first-order valence-corrected chi connectivity index (χ1v) is 7.13. The van der Waals surface area contributed by atoms with E-state index in [9.17, 15) is 0 Å². The SMILES string of the molecule is COCCOCCCCNC1CCC(C)CC1. The number of hydrogen-bond acceptors (Lipinski definition) is 3. The molecule has 0 aliphatic heterocycles. The standard InChI is InChI=1S/C14H29NO2/c1-13-5-7-14(8-6-13)15-9-3-4-10-17-12-11-16-2/h13-15H,3-12H2,1-2H3. The van der Waals surface area contributed by atoms with Crippen LogP contribution in [-0.4, -0.2) is 39.5 Å². The number of nitrogens with one attached hydrogen (secondary N) is 1. The van der Waals surface area contributed by atoms with E-state index in [4.69, 9.17) is 9.47 Å². The van der Waals surface area contributed by atoms with Gasteiger partial charge in [-0.2, -0.15) is 0 Å². The van der Waals surface area contributed by atoms with Crippen LogP contribution < -0.4 is 5.32 Å². The number of ether oxygens (including phenoxy) is 2. The van der Waals surface area contributed by atoms with Crippen LogP contribution in [-0.2, 0) is 9.47 Å². The minimum absolute atomic E-state index is 0.707. The summed E-state index contributed by atoms with van der Waals surface area (Å²) in [5.74, 6) is 0.947. The molecule has 0 bridgehead atoms. The summed E-state index contributed by atoms with van der Waals surface area (Å²) >= 11 is 0. The Morgan fingerprint density at radius 2 is 1.76 bits per heavy atom. The van der Waals surface area contributed by atoms with Crippen LogP contribution in [0.2, 0.25) is 0 Å². The first-order chi connectivity index (χ1) is 8.33. The summed E-state index contributed by atoms with van der Waals surface area (Å²) in [4.78, 5) is 0. The molecule has 0 saturated heterocycles. The second-order valence-corrected chi connectivity index (χ2v) is 5.22. The first kappa shape index (κ1) is 14.9. The average molecular weight is 243 g/mol. The van der Waals surface area contributed by atoms with Gasteiger partial charge in [-0.1, -0.05) is 6.92 Å². The molecule has 1 rings (SSSR count). The van der Waals surface area contributed by atoms with Crippen molar-refractivity contribution in [2.24, 2.45) is 5.92 Å². The lowest BCUT2D eigenvalue weighted by molar-refractivity contribution is 0.0687. The Morgan fingerprint density at radius 1 is 1.00 bits per heavy atom. The van der Waals surface area contributed by atoms with Crippen LogP contribution in [0.5, 0.6) is 0 Å². The van der Waals surface area contributed by atoms with Gasteiger partial charge in [-0.3, -0.25) is 0 Å². The van der Waals surface area contributed by atoms with Gasteiger partial charge in [0.2, 0.25) is 0 Å². The van der Waals surface area contributed by atoms with E-state index in [2.05, 4.69) is 12.2 Å². The molecule has 0 heterocycles. The highest BCUT2D eigenvalue weighted by molar-refractivity contribution is 4.74. The van der Waals surface area contributed by atoms with Crippen molar-refractivity contribution in [3.05, 3.63) is 0 Å². The van der Waals surface area contributed by atoms with E-state index in [0.717, 1.165) is 38.1 Å². The lowest BCUT2D eigenvalue weighted by atomic mass is 9.87. The maximum absolute atomic E-state index is 5.43. The van der Waals surface area contributed by atoms with Gasteiger partial charge in [0.15, 0.2) is 0 Å². The van der Waals surface area contributed by atoms with Gasteiger partial charge in [-0.05, 0) is 51.0 Å². The molecule has 0 unspecified atom stereocenters. The highest BCUT2D eigenvalue weighted by Crippen LogP contribution is 2.23. The van der Waals surface area contributed by atoms with E-state index in [1.54, 1.807) is 7.11 Å². The van der Waals surface area contributed by atoms with E-state index in [1.807, 2.05) is 0 Å². The van der Waals surface area contributed by atoms with Crippen molar-refractivity contribution in [3.8, 4) is 0 Å². The molecule has 3 heteroatoms. The van der Waals surface area contributed by atoms with Gasteiger partial charge in [0, 0.05) is 19.8 Å². The summed E-state index contributed by atoms with van der Waals surface area (Å²) in [5.41, 5.74) is 0. The first-order valence-electron chi connectivity index (χ1n) is 7.13. The monoisotopic (exact) mass is 243 g/mol. The summed E-state index contributed by atoms with van der Waals surface area (Å²) in [6.45, 7) is 5.82. The highest BCUT2D eigenvalue weighted by atomic mass is 16.5. The van der Waals surface area contributed by atoms with E-state index in [1.165, 1.54) is 32.1 Å². The Labute approximate surface area is 106 Å². The van der Waals surface area contributed by atoms with Crippen LogP contribution in [0, 0.1) is 5.92 Å². The zero-order valence-electron chi connectivity index (χ0n) is 11.5. The highest BCUT2D eigenvalue weighted by Gasteiger charge is 2.16. The molecule has 1 aliphatic carbocycles. The summed E-state index contributed by atoms with van der Waals surface area (Å²) < 4.78 is 10.3. The van der Waals surface area contributed by atoms with E-state index >= 15 is 0 Å². The Morgan fingerprint density at radius 3 is 2.47 bits per heavy atom. The van der Waals surface area contributed by atoms with Gasteiger partial charge in [-0.15, -0.1) is 0 Å². The van der Waals surface area contributed by atoms with Crippen LogP contribution in [0.3, 0.4) is 0 Å². The maximum atomic E-state index is 5.43. The van der Waals surface area contributed by atoms with Crippen molar-refractivity contribution in [3.63, 3.8) is 0 Å². The molecule has 0 spiro atoms. The average Bonchev–Trinajstić information content (AvgIpc) is 2.35. The molecule has 0 aromatic rings. The summed E-state index contributed by atoms with van der Waals surface area (Å²) in [5, 5.41) is 3.66. The van der Waals surface area contributed by atoms with Gasteiger partial charge < -0.3 is 14.8 Å². The Balaban J connectivity index is 1.81. The third kappa shape index (κ3) is 7.74. The fourth-order valence-electron chi connectivity index (χ4n) is 2.34. The molecule has 0 radical (unpaired) electrons. The van der Waals surface area contributed by atoms with Gasteiger partial charge in [-0.25, -0.2) is 0 Å². The Bertz CT molecular complexity index is 168. The molecule has 17 heavy (non-hydrogen) atoms. The Kier molecular flexibility index (Phi) is 8.67. The number of unbranched alkanes of at least 4 members (excludes halogenated alkanes) is 1. The quantitative estimate of drug-likeness (QED) is 0.631. The smallest absolute Gasteiger partial charge is 0.0700 e. The van der Waals surface area contributed by atoms with Crippen LogP contribution >= 0.6 is 0 Å². The second kappa shape index (κ2) is 9.86. The van der Waals surface area contributed by atoms with Gasteiger partial charge in [0.05, 0.1) is 13.2 Å². The normalized spacial score (nSPS) is 25.1. The van der Waals surface area contributed by atoms with Crippen LogP contribution in [0.15, 0.2) is 0 Å². The molecule has 1 aliphatic rings. The van der Waals surface area contributed by atoms with Crippen molar-refractivity contribution in [1.29, 1.82) is 0 Å². The van der Waals surface area contributed by atoms with Crippen molar-refractivity contribution in [2.75, 3.05) is 33.5 Å². The van der Waals surface area contributed by atoms with Crippen LogP contribution in [0.1, 0.15) is 45.4 Å². The molecular weight excluding hydrogens is 214 g/mol. The predicted octanol–water partition coefficient (Wildman–Crippen LogP) is 2.60. The molecule has 0 amide bonds. The lowest BCUT2D eigenvalue weighted by Gasteiger charge is -2.27. The lowest BCUT2D eigenvalue weighted by Crippen LogP contribution is -2.33. The molecule has 1 N–H and O–H groups in total. The third-order valence-electron chi connectivity index (χ3n) is 3.60. The zero-order valence-corrected chi connectivity index (χ0v) is 11.5. The van der Waals surface area contributed by atoms with Crippen molar-refractivity contribution < 1.29 is 9.47 Å². The molecule has 0 atom stereocenters. The van der Waals surface area contributed by atoms with Crippen LogP contribution in [0.25, 0.3) is 0 Å². The predicted molar refractivity (Wildman–Crippen MR) is 71.4 cm³/mol. The summed E-state index contributed by atoms with van der Waals surface area (Å²) in [7, 11) is 1.71. The molecule has 3 nitrogen and oxygen atoms in total. The number of rotatable bonds is 9. The molecule has 0 aromatic heterocycles. The van der Waals surface area contributed by atoms with Crippen molar-refractivity contribution >= 4 is 0 Å².